The fourth-order valence-electron chi connectivity index (χ4n) is 2.51. The number of carbonyl (C=O) groups excluding carboxylic acids is 1. The van der Waals surface area contributed by atoms with Gasteiger partial charge >= 0.3 is 0 Å². The highest BCUT2D eigenvalue weighted by atomic mass is 16.5. The third-order valence-electron chi connectivity index (χ3n) is 4.04. The van der Waals surface area contributed by atoms with Crippen LogP contribution in [0.4, 0.5) is 0 Å². The smallest absolute Gasteiger partial charge is 0.273 e. The Labute approximate surface area is 123 Å². The monoisotopic (exact) mass is 294 g/mol. The van der Waals surface area contributed by atoms with Crippen LogP contribution in [-0.2, 0) is 4.74 Å². The summed E-state index contributed by atoms with van der Waals surface area (Å²) < 4.78 is 7.41. The molecule has 0 spiro atoms. The number of morpholine rings is 1. The summed E-state index contributed by atoms with van der Waals surface area (Å²) in [6.07, 6.45) is 1.76. The zero-order valence-corrected chi connectivity index (χ0v) is 12.3. The molecule has 0 bridgehead atoms. The van der Waals surface area contributed by atoms with Crippen LogP contribution in [0.25, 0.3) is 0 Å². The first-order valence-corrected chi connectivity index (χ1v) is 7.51. The van der Waals surface area contributed by atoms with E-state index in [0.717, 1.165) is 39.3 Å². The van der Waals surface area contributed by atoms with Crippen LogP contribution >= 0.6 is 0 Å². The lowest BCUT2D eigenvalue weighted by molar-refractivity contribution is -0.0246. The molecule has 0 radical (unpaired) electrons. The standard InChI is InChI=1S/C13H22N6O2/c1-2-18-3-4-21-11(8-18)7-15-13(20)12-9-19(17-16-12)10-5-14-6-10/h9-11,14H,2-8H2,1H3,(H,15,20). The molecular formula is C13H22N6O2. The van der Waals surface area contributed by atoms with Gasteiger partial charge in [0.15, 0.2) is 5.69 Å². The number of carbonyl (C=O) groups is 1. The van der Waals surface area contributed by atoms with Crippen molar-refractivity contribution in [3.63, 3.8) is 0 Å². The molecule has 1 atom stereocenters. The van der Waals surface area contributed by atoms with Gasteiger partial charge in [-0.15, -0.1) is 5.10 Å². The van der Waals surface area contributed by atoms with Gasteiger partial charge in [0.05, 0.1) is 24.9 Å². The fraction of sp³-hybridized carbons (Fsp3) is 0.769. The van der Waals surface area contributed by atoms with Crippen molar-refractivity contribution in [3.05, 3.63) is 11.9 Å². The van der Waals surface area contributed by atoms with Crippen LogP contribution in [0.1, 0.15) is 23.5 Å². The van der Waals surface area contributed by atoms with E-state index in [0.29, 0.717) is 18.3 Å². The predicted octanol–water partition coefficient (Wildman–Crippen LogP) is -1.13. The van der Waals surface area contributed by atoms with Crippen LogP contribution in [0, 0.1) is 0 Å². The zero-order valence-electron chi connectivity index (χ0n) is 12.3. The maximum absolute atomic E-state index is 12.1. The fourth-order valence-corrected chi connectivity index (χ4v) is 2.51. The topological polar surface area (TPSA) is 84.3 Å². The molecule has 0 aromatic carbocycles. The van der Waals surface area contributed by atoms with Gasteiger partial charge < -0.3 is 15.4 Å². The van der Waals surface area contributed by atoms with Crippen LogP contribution in [-0.4, -0.2) is 77.8 Å². The van der Waals surface area contributed by atoms with E-state index in [2.05, 4.69) is 32.8 Å². The Morgan fingerprint density at radius 1 is 1.57 bits per heavy atom. The molecule has 2 fully saturated rings. The van der Waals surface area contributed by atoms with Crippen LogP contribution in [0.2, 0.25) is 0 Å². The minimum atomic E-state index is -0.189. The first-order valence-electron chi connectivity index (χ1n) is 7.51. The molecule has 2 aliphatic heterocycles. The van der Waals surface area contributed by atoms with Gasteiger partial charge in [-0.3, -0.25) is 9.69 Å². The van der Waals surface area contributed by atoms with Crippen molar-refractivity contribution < 1.29 is 9.53 Å². The minimum Gasteiger partial charge on any atom is -0.374 e. The van der Waals surface area contributed by atoms with E-state index in [9.17, 15) is 4.79 Å². The van der Waals surface area contributed by atoms with Gasteiger partial charge in [0.2, 0.25) is 0 Å². The number of aromatic nitrogens is 3. The largest absolute Gasteiger partial charge is 0.374 e. The molecular weight excluding hydrogens is 272 g/mol. The molecule has 1 unspecified atom stereocenters. The van der Waals surface area contributed by atoms with Gasteiger partial charge in [0.1, 0.15) is 0 Å². The van der Waals surface area contributed by atoms with E-state index in [-0.39, 0.29) is 12.0 Å². The van der Waals surface area contributed by atoms with Crippen molar-refractivity contribution in [1.82, 2.24) is 30.5 Å². The third kappa shape index (κ3) is 3.39. The summed E-state index contributed by atoms with van der Waals surface area (Å²) in [5.74, 6) is -0.189. The highest BCUT2D eigenvalue weighted by molar-refractivity contribution is 5.91. The molecule has 2 saturated heterocycles. The zero-order chi connectivity index (χ0) is 14.7. The van der Waals surface area contributed by atoms with Crippen molar-refractivity contribution in [2.75, 3.05) is 45.9 Å². The highest BCUT2D eigenvalue weighted by Gasteiger charge is 2.23. The molecule has 3 rings (SSSR count). The highest BCUT2D eigenvalue weighted by Crippen LogP contribution is 2.10. The lowest BCUT2D eigenvalue weighted by atomic mass is 10.2. The summed E-state index contributed by atoms with van der Waals surface area (Å²) in [5, 5.41) is 14.0. The molecule has 8 heteroatoms. The maximum Gasteiger partial charge on any atom is 0.273 e. The molecule has 2 N–H and O–H groups in total. The first-order chi connectivity index (χ1) is 10.3. The van der Waals surface area contributed by atoms with Crippen LogP contribution in [0.5, 0.6) is 0 Å². The Morgan fingerprint density at radius 2 is 2.43 bits per heavy atom. The summed E-state index contributed by atoms with van der Waals surface area (Å²) in [5.41, 5.74) is 0.366. The van der Waals surface area contributed by atoms with E-state index < -0.39 is 0 Å². The summed E-state index contributed by atoms with van der Waals surface area (Å²) in [6.45, 7) is 7.96. The summed E-state index contributed by atoms with van der Waals surface area (Å²) >= 11 is 0. The van der Waals surface area contributed by atoms with Crippen LogP contribution in [0.3, 0.4) is 0 Å². The number of hydrogen-bond acceptors (Lipinski definition) is 6. The van der Waals surface area contributed by atoms with Gasteiger partial charge in [0, 0.05) is 32.7 Å². The van der Waals surface area contributed by atoms with Crippen LogP contribution < -0.4 is 10.6 Å². The van der Waals surface area contributed by atoms with Gasteiger partial charge in [-0.1, -0.05) is 12.1 Å². The van der Waals surface area contributed by atoms with Crippen molar-refractivity contribution >= 4 is 5.91 Å². The van der Waals surface area contributed by atoms with Crippen molar-refractivity contribution in [1.29, 1.82) is 0 Å². The summed E-state index contributed by atoms with van der Waals surface area (Å²) in [4.78, 5) is 14.4. The minimum absolute atomic E-state index is 0.0496. The average molecular weight is 294 g/mol. The van der Waals surface area contributed by atoms with Crippen molar-refractivity contribution in [2.24, 2.45) is 0 Å². The SMILES string of the molecule is CCN1CCOC(CNC(=O)c2cn(C3CNC3)nn2)C1. The molecule has 2 aliphatic rings. The van der Waals surface area contributed by atoms with E-state index in [1.165, 1.54) is 0 Å². The van der Waals surface area contributed by atoms with E-state index in [4.69, 9.17) is 4.74 Å². The van der Waals surface area contributed by atoms with E-state index in [1.54, 1.807) is 10.9 Å². The second kappa shape index (κ2) is 6.50. The number of amides is 1. The maximum atomic E-state index is 12.1. The number of rotatable bonds is 5. The second-order valence-corrected chi connectivity index (χ2v) is 5.49. The number of likely N-dealkylation sites (N-methyl/N-ethyl adjacent to an activating group) is 1. The molecule has 1 aromatic rings. The van der Waals surface area contributed by atoms with E-state index >= 15 is 0 Å². The van der Waals surface area contributed by atoms with Gasteiger partial charge in [-0.05, 0) is 6.54 Å². The lowest BCUT2D eigenvalue weighted by Gasteiger charge is -2.32. The molecule has 116 valence electrons. The summed E-state index contributed by atoms with van der Waals surface area (Å²) in [6, 6.07) is 0.318. The van der Waals surface area contributed by atoms with Crippen molar-refractivity contribution in [3.8, 4) is 0 Å². The number of nitrogens with zero attached hydrogens (tertiary/aromatic N) is 4. The molecule has 1 amide bonds. The molecule has 0 aliphatic carbocycles. The summed E-state index contributed by atoms with van der Waals surface area (Å²) in [7, 11) is 0. The van der Waals surface area contributed by atoms with E-state index in [1.807, 2.05) is 0 Å². The lowest BCUT2D eigenvalue weighted by Crippen LogP contribution is -2.47. The Kier molecular flexibility index (Phi) is 4.47. The Morgan fingerprint density at radius 3 is 3.14 bits per heavy atom. The molecule has 8 nitrogen and oxygen atoms in total. The molecule has 21 heavy (non-hydrogen) atoms. The number of hydrogen-bond donors (Lipinski definition) is 2. The first kappa shape index (κ1) is 14.4. The Balaban J connectivity index is 1.48. The van der Waals surface area contributed by atoms with Gasteiger partial charge in [0.25, 0.3) is 5.91 Å². The Bertz CT molecular complexity index is 487. The van der Waals surface area contributed by atoms with Gasteiger partial charge in [-0.25, -0.2) is 4.68 Å². The molecule has 3 heterocycles. The van der Waals surface area contributed by atoms with Gasteiger partial charge in [-0.2, -0.15) is 0 Å². The molecule has 0 saturated carbocycles. The Hall–Kier alpha value is -1.51. The quantitative estimate of drug-likeness (QED) is 0.715. The second-order valence-electron chi connectivity index (χ2n) is 5.49. The molecule has 1 aromatic heterocycles. The number of nitrogens with one attached hydrogen (secondary N) is 2. The van der Waals surface area contributed by atoms with Crippen molar-refractivity contribution in [2.45, 2.75) is 19.1 Å². The predicted molar refractivity (Wildman–Crippen MR) is 76.1 cm³/mol. The van der Waals surface area contributed by atoms with Crippen LogP contribution in [0.15, 0.2) is 6.20 Å². The normalized spacial score (nSPS) is 23.8. The number of ether oxygens (including phenoxy) is 1. The third-order valence-corrected chi connectivity index (χ3v) is 4.04. The average Bonchev–Trinajstić information content (AvgIpc) is 2.92.